The molecule has 9 heteroatoms. The molecule has 1 unspecified atom stereocenters. The summed E-state index contributed by atoms with van der Waals surface area (Å²) in [6, 6.07) is 0. The fourth-order valence-electron chi connectivity index (χ4n) is 3.03. The molecule has 0 radical (unpaired) electrons. The molecule has 32 heavy (non-hydrogen) atoms. The molecule has 5 nitrogen and oxygen atoms in total. The van der Waals surface area contributed by atoms with Crippen molar-refractivity contribution in [3.63, 3.8) is 0 Å². The summed E-state index contributed by atoms with van der Waals surface area (Å²) >= 11 is 8.96. The maximum absolute atomic E-state index is 12.3. The first-order valence-corrected chi connectivity index (χ1v) is 17.5. The van der Waals surface area contributed by atoms with Gasteiger partial charge < -0.3 is 14.0 Å². The molecule has 1 rings (SSSR count). The lowest BCUT2D eigenvalue weighted by Crippen LogP contribution is -2.29. The molecule has 0 aliphatic carbocycles. The van der Waals surface area contributed by atoms with Crippen molar-refractivity contribution in [2.45, 2.75) is 83.2 Å². The zero-order chi connectivity index (χ0) is 23.5. The van der Waals surface area contributed by atoms with Crippen LogP contribution in [0.25, 0.3) is 0 Å². The number of ether oxygens (including phenoxy) is 2. The third-order valence-electron chi connectivity index (χ3n) is 4.81. The van der Waals surface area contributed by atoms with Gasteiger partial charge in [0.05, 0.1) is 6.61 Å². The van der Waals surface area contributed by atoms with Crippen molar-refractivity contribution in [3.8, 4) is 0 Å². The molecule has 1 heterocycles. The molecule has 0 aromatic heterocycles. The van der Waals surface area contributed by atoms with E-state index in [0.29, 0.717) is 12.8 Å². The van der Waals surface area contributed by atoms with Gasteiger partial charge in [-0.1, -0.05) is 60.6 Å². The Hall–Kier alpha value is -0.270. The first-order chi connectivity index (χ1) is 15.5. The van der Waals surface area contributed by atoms with Gasteiger partial charge in [-0.2, -0.15) is 0 Å². The Kier molecular flexibility index (Phi) is 17.7. The molecule has 1 aliphatic heterocycles. The van der Waals surface area contributed by atoms with E-state index in [2.05, 4.69) is 13.2 Å². The van der Waals surface area contributed by atoms with Gasteiger partial charge in [0.1, 0.15) is 6.61 Å². The van der Waals surface area contributed by atoms with Crippen LogP contribution in [0.4, 0.5) is 0 Å². The van der Waals surface area contributed by atoms with Crippen LogP contribution in [0.5, 0.6) is 0 Å². The summed E-state index contributed by atoms with van der Waals surface area (Å²) in [7, 11) is 0. The van der Waals surface area contributed by atoms with E-state index in [1.54, 1.807) is 22.8 Å². The summed E-state index contributed by atoms with van der Waals surface area (Å²) in [5.41, 5.74) is 0. The Labute approximate surface area is 207 Å². The van der Waals surface area contributed by atoms with Crippen molar-refractivity contribution in [3.05, 3.63) is 25.3 Å². The van der Waals surface area contributed by atoms with Crippen LogP contribution in [0.15, 0.2) is 25.3 Å². The van der Waals surface area contributed by atoms with E-state index < -0.39 is 10.8 Å². The second kappa shape index (κ2) is 19.1. The zero-order valence-corrected chi connectivity index (χ0v) is 22.5. The van der Waals surface area contributed by atoms with Crippen LogP contribution in [0.3, 0.4) is 0 Å². The number of unbranched alkanes of at least 4 members (excludes halogenated alkanes) is 8. The van der Waals surface area contributed by atoms with Gasteiger partial charge in [0.15, 0.2) is 10.8 Å². The van der Waals surface area contributed by atoms with Crippen LogP contribution in [-0.4, -0.2) is 42.8 Å². The van der Waals surface area contributed by atoms with Gasteiger partial charge in [-0.15, -0.1) is 13.2 Å². The minimum atomic E-state index is -1.96. The van der Waals surface area contributed by atoms with Crippen LogP contribution in [0.1, 0.15) is 77.0 Å². The second-order valence-corrected chi connectivity index (χ2v) is 18.4. The highest BCUT2D eigenvalue weighted by atomic mass is 33.2. The molecule has 0 saturated carbocycles. The Morgan fingerprint density at radius 3 is 1.94 bits per heavy atom. The first-order valence-electron chi connectivity index (χ1n) is 11.6. The van der Waals surface area contributed by atoms with Gasteiger partial charge in [-0.3, -0.25) is 9.59 Å². The first kappa shape index (κ1) is 29.8. The molecule has 1 atom stereocenters. The molecular weight excluding hydrogens is 483 g/mol. The SMILES string of the molecule is C=CCCCCCCC(=O)OCC(COP1(=S)SCCS1)OC(=O)CCCCCCC=C. The van der Waals surface area contributed by atoms with Crippen LogP contribution in [-0.2, 0) is 35.4 Å². The average Bonchev–Trinajstić information content (AvgIpc) is 3.21. The molecule has 0 aromatic carbocycles. The number of hydrogen-bond donors (Lipinski definition) is 0. The van der Waals surface area contributed by atoms with E-state index in [9.17, 15) is 9.59 Å². The van der Waals surface area contributed by atoms with E-state index >= 15 is 0 Å². The molecule has 0 N–H and O–H groups in total. The van der Waals surface area contributed by atoms with E-state index in [4.69, 9.17) is 25.8 Å². The Morgan fingerprint density at radius 2 is 1.38 bits per heavy atom. The van der Waals surface area contributed by atoms with E-state index in [-0.39, 0.29) is 25.2 Å². The minimum Gasteiger partial charge on any atom is -0.462 e. The molecular formula is C23H39O5PS3. The molecule has 0 aromatic rings. The topological polar surface area (TPSA) is 61.8 Å². The fourth-order valence-corrected chi connectivity index (χ4v) is 11.9. The number of esters is 2. The minimum absolute atomic E-state index is 0.0189. The summed E-state index contributed by atoms with van der Waals surface area (Å²) in [5.74, 6) is 1.44. The standard InChI is InChI=1S/C23H39O5PS3/c1-3-5-7-9-11-13-15-22(24)26-19-21(20-27-29(30)31-17-18-32-29)28-23(25)16-14-12-10-8-6-4-2/h3-4,21H,1-2,5-20H2. The van der Waals surface area contributed by atoms with Crippen LogP contribution in [0.2, 0.25) is 0 Å². The maximum Gasteiger partial charge on any atom is 0.306 e. The van der Waals surface area contributed by atoms with Gasteiger partial charge in [-0.05, 0) is 50.3 Å². The predicted molar refractivity (Wildman–Crippen MR) is 142 cm³/mol. The number of allylic oxidation sites excluding steroid dienone is 2. The molecule has 184 valence electrons. The summed E-state index contributed by atoms with van der Waals surface area (Å²) in [6.07, 6.45) is 13.9. The third-order valence-corrected chi connectivity index (χ3v) is 14.7. The van der Waals surface area contributed by atoms with E-state index in [1.165, 1.54) is 0 Å². The zero-order valence-electron chi connectivity index (χ0n) is 19.2. The summed E-state index contributed by atoms with van der Waals surface area (Å²) in [6.45, 7) is 7.63. The van der Waals surface area contributed by atoms with Gasteiger partial charge >= 0.3 is 11.9 Å². The molecule has 1 saturated heterocycles. The highest BCUT2D eigenvalue weighted by Crippen LogP contribution is 2.74. The largest absolute Gasteiger partial charge is 0.462 e. The summed E-state index contributed by atoms with van der Waals surface area (Å²) in [5, 5.41) is 0. The van der Waals surface area contributed by atoms with Gasteiger partial charge in [0.2, 0.25) is 0 Å². The van der Waals surface area contributed by atoms with Crippen molar-refractivity contribution in [1.82, 2.24) is 0 Å². The monoisotopic (exact) mass is 522 g/mol. The number of carbonyl (C=O) groups is 2. The molecule has 0 bridgehead atoms. The molecule has 1 fully saturated rings. The summed E-state index contributed by atoms with van der Waals surface area (Å²) in [4.78, 5) is 24.4. The van der Waals surface area contributed by atoms with Gasteiger partial charge in [-0.25, -0.2) is 0 Å². The molecule has 0 amide bonds. The van der Waals surface area contributed by atoms with Crippen LogP contribution < -0.4 is 0 Å². The smallest absolute Gasteiger partial charge is 0.306 e. The number of carbonyl (C=O) groups excluding carboxylic acids is 2. The lowest BCUT2D eigenvalue weighted by atomic mass is 10.1. The Balaban J connectivity index is 2.36. The van der Waals surface area contributed by atoms with Gasteiger partial charge in [0, 0.05) is 24.3 Å². The quantitative estimate of drug-likeness (QED) is 0.0719. The normalized spacial score (nSPS) is 15.8. The molecule has 1 aliphatic rings. The fraction of sp³-hybridized carbons (Fsp3) is 0.739. The van der Waals surface area contributed by atoms with Crippen molar-refractivity contribution >= 4 is 51.2 Å². The lowest BCUT2D eigenvalue weighted by molar-refractivity contribution is -0.160. The van der Waals surface area contributed by atoms with Crippen LogP contribution >= 0.6 is 27.4 Å². The van der Waals surface area contributed by atoms with Crippen molar-refractivity contribution < 1.29 is 23.6 Å². The average molecular weight is 523 g/mol. The predicted octanol–water partition coefficient (Wildman–Crippen LogP) is 7.22. The van der Waals surface area contributed by atoms with E-state index in [1.807, 2.05) is 12.2 Å². The Bertz CT molecular complexity index is 604. The van der Waals surface area contributed by atoms with Crippen LogP contribution in [0, 0.1) is 0 Å². The molecule has 0 spiro atoms. The van der Waals surface area contributed by atoms with Crippen molar-refractivity contribution in [2.24, 2.45) is 0 Å². The third kappa shape index (κ3) is 15.5. The highest BCUT2D eigenvalue weighted by molar-refractivity contribution is 9.00. The van der Waals surface area contributed by atoms with Crippen molar-refractivity contribution in [2.75, 3.05) is 24.7 Å². The van der Waals surface area contributed by atoms with Crippen molar-refractivity contribution in [1.29, 1.82) is 0 Å². The van der Waals surface area contributed by atoms with Gasteiger partial charge in [0.25, 0.3) is 0 Å². The maximum atomic E-state index is 12.3. The summed E-state index contributed by atoms with van der Waals surface area (Å²) < 4.78 is 15.0. The Morgan fingerprint density at radius 1 is 0.844 bits per heavy atom. The van der Waals surface area contributed by atoms with E-state index in [0.717, 1.165) is 75.7 Å². The highest BCUT2D eigenvalue weighted by Gasteiger charge is 2.28. The lowest BCUT2D eigenvalue weighted by Gasteiger charge is -2.21. The number of hydrogen-bond acceptors (Lipinski definition) is 8. The number of rotatable bonds is 20. The second-order valence-electron chi connectivity index (χ2n) is 7.69.